The molecule has 2 aromatic carbocycles. The van der Waals surface area contributed by atoms with E-state index in [1.165, 1.54) is 6.07 Å². The molecule has 0 saturated heterocycles. The molecule has 0 bridgehead atoms. The van der Waals surface area contributed by atoms with Crippen molar-refractivity contribution in [3.8, 4) is 11.3 Å². The lowest BCUT2D eigenvalue weighted by atomic mass is 10.1. The van der Waals surface area contributed by atoms with Crippen LogP contribution in [0.4, 0.5) is 14.5 Å². The Balaban J connectivity index is 2.03. The van der Waals surface area contributed by atoms with Gasteiger partial charge in [-0.05, 0) is 44.4 Å². The monoisotopic (exact) mass is 327 g/mol. The van der Waals surface area contributed by atoms with Crippen LogP contribution in [0.3, 0.4) is 0 Å². The minimum atomic E-state index is -0.871. The fourth-order valence-electron chi connectivity index (χ4n) is 2.54. The number of halogens is 2. The molecular weight excluding hydrogens is 308 g/mol. The molecular formula is C19H19F2N3. The number of nitrogens with zero attached hydrogens (tertiary/aromatic N) is 2. The standard InChI is InChI=1S/C19H19F2N3/c1-24(2)10-9-22-19-12-18(13-7-8-15(20)16(21)11-13)23-17-6-4-3-5-14(17)19/h3-8,11-12H,9-10H2,1-2H3,(H,22,23). The van der Waals surface area contributed by atoms with Crippen LogP contribution in [-0.2, 0) is 0 Å². The maximum absolute atomic E-state index is 13.5. The first-order valence-electron chi connectivity index (χ1n) is 7.78. The van der Waals surface area contributed by atoms with Gasteiger partial charge in [0.15, 0.2) is 11.6 Å². The average Bonchev–Trinajstić information content (AvgIpc) is 2.57. The van der Waals surface area contributed by atoms with Gasteiger partial charge in [-0.2, -0.15) is 0 Å². The number of hydrogen-bond acceptors (Lipinski definition) is 3. The molecule has 0 aliphatic rings. The summed E-state index contributed by atoms with van der Waals surface area (Å²) in [6, 6.07) is 13.5. The van der Waals surface area contributed by atoms with Crippen molar-refractivity contribution >= 4 is 16.6 Å². The summed E-state index contributed by atoms with van der Waals surface area (Å²) in [5.41, 5.74) is 2.91. The summed E-state index contributed by atoms with van der Waals surface area (Å²) in [5, 5.41) is 4.41. The zero-order valence-electron chi connectivity index (χ0n) is 13.7. The summed E-state index contributed by atoms with van der Waals surface area (Å²) in [6.45, 7) is 1.66. The third-order valence-electron chi connectivity index (χ3n) is 3.81. The van der Waals surface area contributed by atoms with Gasteiger partial charge in [0.05, 0.1) is 11.2 Å². The van der Waals surface area contributed by atoms with Crippen molar-refractivity contribution in [2.24, 2.45) is 0 Å². The van der Waals surface area contributed by atoms with Crippen molar-refractivity contribution < 1.29 is 8.78 Å². The number of likely N-dealkylation sites (N-methyl/N-ethyl adjacent to an activating group) is 1. The summed E-state index contributed by atoms with van der Waals surface area (Å²) >= 11 is 0. The number of anilines is 1. The number of fused-ring (bicyclic) bond motifs is 1. The fourth-order valence-corrected chi connectivity index (χ4v) is 2.54. The summed E-state index contributed by atoms with van der Waals surface area (Å²) < 4.78 is 26.7. The number of pyridine rings is 1. The van der Waals surface area contributed by atoms with Crippen LogP contribution in [0.2, 0.25) is 0 Å². The molecule has 0 radical (unpaired) electrons. The van der Waals surface area contributed by atoms with Crippen LogP contribution in [-0.4, -0.2) is 37.1 Å². The third-order valence-corrected chi connectivity index (χ3v) is 3.81. The van der Waals surface area contributed by atoms with Crippen LogP contribution in [0.1, 0.15) is 0 Å². The molecule has 1 heterocycles. The Hall–Kier alpha value is -2.53. The zero-order valence-corrected chi connectivity index (χ0v) is 13.7. The van der Waals surface area contributed by atoms with Gasteiger partial charge in [-0.3, -0.25) is 0 Å². The molecule has 0 spiro atoms. The van der Waals surface area contributed by atoms with Crippen molar-refractivity contribution in [3.63, 3.8) is 0 Å². The fraction of sp³-hybridized carbons (Fsp3) is 0.211. The molecule has 0 unspecified atom stereocenters. The van der Waals surface area contributed by atoms with E-state index >= 15 is 0 Å². The summed E-state index contributed by atoms with van der Waals surface area (Å²) in [5.74, 6) is -1.73. The van der Waals surface area contributed by atoms with E-state index in [0.717, 1.165) is 35.7 Å². The number of rotatable bonds is 5. The lowest BCUT2D eigenvalue weighted by Gasteiger charge is -2.14. The minimum Gasteiger partial charge on any atom is -0.383 e. The van der Waals surface area contributed by atoms with Crippen molar-refractivity contribution in [1.29, 1.82) is 0 Å². The quantitative estimate of drug-likeness (QED) is 0.763. The van der Waals surface area contributed by atoms with E-state index in [1.807, 2.05) is 44.4 Å². The van der Waals surface area contributed by atoms with Gasteiger partial charge in [-0.1, -0.05) is 18.2 Å². The first kappa shape index (κ1) is 16.3. The molecule has 0 atom stereocenters. The molecule has 3 rings (SSSR count). The lowest BCUT2D eigenvalue weighted by Crippen LogP contribution is -2.20. The second-order valence-corrected chi connectivity index (χ2v) is 5.93. The molecule has 24 heavy (non-hydrogen) atoms. The van der Waals surface area contributed by atoms with Crippen LogP contribution >= 0.6 is 0 Å². The van der Waals surface area contributed by atoms with Gasteiger partial charge < -0.3 is 10.2 Å². The second kappa shape index (κ2) is 6.93. The van der Waals surface area contributed by atoms with Crippen LogP contribution in [0.5, 0.6) is 0 Å². The molecule has 5 heteroatoms. The van der Waals surface area contributed by atoms with Gasteiger partial charge in [0.1, 0.15) is 0 Å². The highest BCUT2D eigenvalue weighted by atomic mass is 19.2. The average molecular weight is 327 g/mol. The molecule has 1 aromatic heterocycles. The summed E-state index contributed by atoms with van der Waals surface area (Å²) in [7, 11) is 4.03. The summed E-state index contributed by atoms with van der Waals surface area (Å²) in [4.78, 5) is 6.67. The van der Waals surface area contributed by atoms with Gasteiger partial charge in [0, 0.05) is 29.7 Å². The molecule has 0 aliphatic heterocycles. The minimum absolute atomic E-state index is 0.551. The van der Waals surface area contributed by atoms with Crippen LogP contribution in [0.15, 0.2) is 48.5 Å². The second-order valence-electron chi connectivity index (χ2n) is 5.93. The smallest absolute Gasteiger partial charge is 0.159 e. The summed E-state index contributed by atoms with van der Waals surface area (Å²) in [6.07, 6.45) is 0. The van der Waals surface area contributed by atoms with Crippen molar-refractivity contribution in [2.75, 3.05) is 32.5 Å². The maximum atomic E-state index is 13.5. The van der Waals surface area contributed by atoms with E-state index in [2.05, 4.69) is 15.2 Å². The van der Waals surface area contributed by atoms with Crippen molar-refractivity contribution in [3.05, 3.63) is 60.2 Å². The highest BCUT2D eigenvalue weighted by Crippen LogP contribution is 2.28. The van der Waals surface area contributed by atoms with E-state index in [9.17, 15) is 8.78 Å². The topological polar surface area (TPSA) is 28.2 Å². The molecule has 0 saturated carbocycles. The van der Waals surface area contributed by atoms with E-state index in [4.69, 9.17) is 0 Å². The van der Waals surface area contributed by atoms with E-state index in [0.29, 0.717) is 11.3 Å². The molecule has 0 amide bonds. The van der Waals surface area contributed by atoms with Crippen molar-refractivity contribution in [2.45, 2.75) is 0 Å². The number of para-hydroxylation sites is 1. The predicted octanol–water partition coefficient (Wildman–Crippen LogP) is 4.15. The van der Waals surface area contributed by atoms with Crippen molar-refractivity contribution in [1.82, 2.24) is 9.88 Å². The number of benzene rings is 2. The first-order valence-corrected chi connectivity index (χ1v) is 7.78. The largest absolute Gasteiger partial charge is 0.383 e. The molecule has 3 aromatic rings. The molecule has 124 valence electrons. The van der Waals surface area contributed by atoms with Crippen LogP contribution < -0.4 is 5.32 Å². The van der Waals surface area contributed by atoms with Crippen LogP contribution in [0.25, 0.3) is 22.2 Å². The first-order chi connectivity index (χ1) is 11.5. The maximum Gasteiger partial charge on any atom is 0.159 e. The molecule has 3 nitrogen and oxygen atoms in total. The zero-order chi connectivity index (χ0) is 17.1. The molecule has 1 N–H and O–H groups in total. The van der Waals surface area contributed by atoms with Crippen LogP contribution in [0, 0.1) is 11.6 Å². The Morgan fingerprint density at radius 2 is 1.79 bits per heavy atom. The Labute approximate surface area is 139 Å². The number of hydrogen-bond donors (Lipinski definition) is 1. The van der Waals surface area contributed by atoms with Gasteiger partial charge in [-0.25, -0.2) is 13.8 Å². The Kier molecular flexibility index (Phi) is 4.71. The van der Waals surface area contributed by atoms with Gasteiger partial charge in [0.2, 0.25) is 0 Å². The predicted molar refractivity (Wildman–Crippen MR) is 94.1 cm³/mol. The van der Waals surface area contributed by atoms with E-state index in [1.54, 1.807) is 6.07 Å². The lowest BCUT2D eigenvalue weighted by molar-refractivity contribution is 0.425. The van der Waals surface area contributed by atoms with E-state index in [-0.39, 0.29) is 0 Å². The van der Waals surface area contributed by atoms with Gasteiger partial charge in [0.25, 0.3) is 0 Å². The Morgan fingerprint density at radius 1 is 1.00 bits per heavy atom. The highest BCUT2D eigenvalue weighted by Gasteiger charge is 2.10. The Bertz CT molecular complexity index is 862. The number of nitrogens with one attached hydrogen (secondary N) is 1. The normalized spacial score (nSPS) is 11.2. The number of aromatic nitrogens is 1. The SMILES string of the molecule is CN(C)CCNc1cc(-c2ccc(F)c(F)c2)nc2ccccc12. The molecule has 0 aliphatic carbocycles. The van der Waals surface area contributed by atoms with E-state index < -0.39 is 11.6 Å². The Morgan fingerprint density at radius 3 is 2.54 bits per heavy atom. The highest BCUT2D eigenvalue weighted by molar-refractivity contribution is 5.93. The third kappa shape index (κ3) is 3.51. The van der Waals surface area contributed by atoms with Gasteiger partial charge in [-0.15, -0.1) is 0 Å². The molecule has 0 fully saturated rings. The van der Waals surface area contributed by atoms with Gasteiger partial charge >= 0.3 is 0 Å².